The number of esters is 3. The molecular formula is C27H29F3O10. The Morgan fingerprint density at radius 2 is 1.40 bits per heavy atom. The molecule has 218 valence electrons. The Balaban J connectivity index is 1.80. The molecule has 3 unspecified atom stereocenters. The summed E-state index contributed by atoms with van der Waals surface area (Å²) in [4.78, 5) is 48.8. The topological polar surface area (TPSA) is 135 Å². The molecule has 2 aromatic carbocycles. The van der Waals surface area contributed by atoms with Crippen molar-refractivity contribution < 1.29 is 61.1 Å². The summed E-state index contributed by atoms with van der Waals surface area (Å²) in [5.74, 6) is -2.96. The number of aliphatic hydroxyl groups is 1. The second-order valence-electron chi connectivity index (χ2n) is 8.96. The number of hydrogen-bond acceptors (Lipinski definition) is 10. The fourth-order valence-corrected chi connectivity index (χ4v) is 2.94. The first-order valence-corrected chi connectivity index (χ1v) is 11.9. The first kappa shape index (κ1) is 32.1. The molecule has 0 saturated heterocycles. The summed E-state index contributed by atoms with van der Waals surface area (Å²) in [6.07, 6.45) is -8.79. The van der Waals surface area contributed by atoms with E-state index in [4.69, 9.17) is 23.7 Å². The molecule has 0 heterocycles. The van der Waals surface area contributed by atoms with Crippen LogP contribution in [0.1, 0.15) is 37.5 Å². The zero-order valence-corrected chi connectivity index (χ0v) is 21.9. The lowest BCUT2D eigenvalue weighted by molar-refractivity contribution is -0.173. The van der Waals surface area contributed by atoms with Gasteiger partial charge in [0.25, 0.3) is 0 Å². The van der Waals surface area contributed by atoms with Gasteiger partial charge in [-0.3, -0.25) is 4.79 Å². The lowest BCUT2D eigenvalue weighted by Gasteiger charge is -2.24. The Hall–Kier alpha value is -4.13. The Kier molecular flexibility index (Phi) is 11.5. The lowest BCUT2D eigenvalue weighted by Crippen LogP contribution is -2.39. The SMILES string of the molecule is CC(OC(=O)OCC(C)(CO)C(=O)OCc1cccc(C(F)(F)F)c1)C(=O)OC(C)C(=O)OCc1ccccc1. The summed E-state index contributed by atoms with van der Waals surface area (Å²) in [5, 5.41) is 9.65. The van der Waals surface area contributed by atoms with E-state index >= 15 is 0 Å². The smallest absolute Gasteiger partial charge is 0.460 e. The van der Waals surface area contributed by atoms with Crippen molar-refractivity contribution in [3.05, 3.63) is 71.3 Å². The third kappa shape index (κ3) is 9.88. The summed E-state index contributed by atoms with van der Waals surface area (Å²) in [6, 6.07) is 12.9. The molecule has 0 spiro atoms. The van der Waals surface area contributed by atoms with Crippen molar-refractivity contribution in [2.24, 2.45) is 5.41 Å². The highest BCUT2D eigenvalue weighted by Crippen LogP contribution is 2.30. The highest BCUT2D eigenvalue weighted by Gasteiger charge is 2.37. The van der Waals surface area contributed by atoms with Crippen molar-refractivity contribution in [2.75, 3.05) is 13.2 Å². The van der Waals surface area contributed by atoms with E-state index in [1.165, 1.54) is 19.9 Å². The normalized spacial score (nSPS) is 14.2. The number of aliphatic hydroxyl groups excluding tert-OH is 1. The predicted octanol–water partition coefficient (Wildman–Crippen LogP) is 3.96. The van der Waals surface area contributed by atoms with Crippen LogP contribution < -0.4 is 0 Å². The van der Waals surface area contributed by atoms with Gasteiger partial charge in [-0.05, 0) is 44.0 Å². The molecule has 2 aromatic rings. The number of benzene rings is 2. The van der Waals surface area contributed by atoms with Crippen molar-refractivity contribution >= 4 is 24.1 Å². The maximum absolute atomic E-state index is 12.9. The molecule has 0 saturated carbocycles. The van der Waals surface area contributed by atoms with Crippen LogP contribution in [0.5, 0.6) is 0 Å². The number of ether oxygens (including phenoxy) is 5. The predicted molar refractivity (Wildman–Crippen MR) is 130 cm³/mol. The summed E-state index contributed by atoms with van der Waals surface area (Å²) < 4.78 is 63.2. The number of rotatable bonds is 12. The van der Waals surface area contributed by atoms with Gasteiger partial charge in [-0.1, -0.05) is 42.5 Å². The van der Waals surface area contributed by atoms with Crippen molar-refractivity contribution in [3.8, 4) is 0 Å². The molecule has 0 aliphatic rings. The molecule has 13 heteroatoms. The van der Waals surface area contributed by atoms with Gasteiger partial charge < -0.3 is 28.8 Å². The second-order valence-corrected chi connectivity index (χ2v) is 8.96. The average molecular weight is 571 g/mol. The van der Waals surface area contributed by atoms with E-state index in [0.717, 1.165) is 30.7 Å². The first-order chi connectivity index (χ1) is 18.7. The van der Waals surface area contributed by atoms with Crippen molar-refractivity contribution in [1.82, 2.24) is 0 Å². The van der Waals surface area contributed by atoms with Crippen LogP contribution in [0.15, 0.2) is 54.6 Å². The molecule has 0 aliphatic heterocycles. The monoisotopic (exact) mass is 570 g/mol. The first-order valence-electron chi connectivity index (χ1n) is 11.9. The van der Waals surface area contributed by atoms with Crippen molar-refractivity contribution in [1.29, 1.82) is 0 Å². The van der Waals surface area contributed by atoms with Gasteiger partial charge in [-0.2, -0.15) is 13.2 Å². The zero-order valence-electron chi connectivity index (χ0n) is 21.9. The van der Waals surface area contributed by atoms with Crippen LogP contribution in [0.25, 0.3) is 0 Å². The molecule has 0 bridgehead atoms. The van der Waals surface area contributed by atoms with Crippen LogP contribution in [0.4, 0.5) is 18.0 Å². The van der Waals surface area contributed by atoms with E-state index in [-0.39, 0.29) is 12.2 Å². The number of halogens is 3. The number of carbonyl (C=O) groups is 4. The van der Waals surface area contributed by atoms with Crippen LogP contribution in [0, 0.1) is 5.41 Å². The number of hydrogen-bond donors (Lipinski definition) is 1. The molecule has 0 aliphatic carbocycles. The molecule has 0 aromatic heterocycles. The molecule has 40 heavy (non-hydrogen) atoms. The third-order valence-corrected chi connectivity index (χ3v) is 5.43. The maximum atomic E-state index is 12.9. The second kappa shape index (κ2) is 14.3. The molecule has 2 rings (SSSR count). The average Bonchev–Trinajstić information content (AvgIpc) is 2.93. The van der Waals surface area contributed by atoms with Gasteiger partial charge in [0.1, 0.15) is 25.2 Å². The van der Waals surface area contributed by atoms with E-state index in [1.807, 2.05) is 0 Å². The van der Waals surface area contributed by atoms with Gasteiger partial charge >= 0.3 is 30.2 Å². The van der Waals surface area contributed by atoms with Crippen molar-refractivity contribution in [3.63, 3.8) is 0 Å². The number of carbonyl (C=O) groups excluding carboxylic acids is 4. The highest BCUT2D eigenvalue weighted by molar-refractivity contribution is 5.82. The molecule has 3 atom stereocenters. The Labute approximate surface area is 227 Å². The van der Waals surface area contributed by atoms with E-state index in [1.54, 1.807) is 30.3 Å². The van der Waals surface area contributed by atoms with Gasteiger partial charge in [0.05, 0.1) is 12.2 Å². The summed E-state index contributed by atoms with van der Waals surface area (Å²) >= 11 is 0. The van der Waals surface area contributed by atoms with Gasteiger partial charge in [-0.15, -0.1) is 0 Å². The minimum Gasteiger partial charge on any atom is -0.460 e. The summed E-state index contributed by atoms with van der Waals surface area (Å²) in [5.41, 5.74) is -1.94. The Morgan fingerprint density at radius 1 is 0.800 bits per heavy atom. The molecule has 10 nitrogen and oxygen atoms in total. The van der Waals surface area contributed by atoms with Crippen LogP contribution in [-0.4, -0.2) is 54.6 Å². The molecule has 0 fully saturated rings. The Bertz CT molecular complexity index is 1170. The minimum atomic E-state index is -4.58. The highest BCUT2D eigenvalue weighted by atomic mass is 19.4. The number of alkyl halides is 3. The van der Waals surface area contributed by atoms with Gasteiger partial charge in [-0.25, -0.2) is 14.4 Å². The van der Waals surface area contributed by atoms with Gasteiger partial charge in [0.2, 0.25) is 0 Å². The molecular weight excluding hydrogens is 541 g/mol. The van der Waals surface area contributed by atoms with Crippen LogP contribution >= 0.6 is 0 Å². The minimum absolute atomic E-state index is 0.0358. The zero-order chi connectivity index (χ0) is 29.9. The molecule has 0 amide bonds. The van der Waals surface area contributed by atoms with E-state index in [2.05, 4.69) is 0 Å². The summed E-state index contributed by atoms with van der Waals surface area (Å²) in [7, 11) is 0. The van der Waals surface area contributed by atoms with E-state index in [9.17, 15) is 37.5 Å². The van der Waals surface area contributed by atoms with E-state index < -0.39 is 73.2 Å². The molecule has 1 N–H and O–H groups in total. The fraction of sp³-hybridized carbons (Fsp3) is 0.407. The van der Waals surface area contributed by atoms with Crippen LogP contribution in [-0.2, 0) is 57.5 Å². The lowest BCUT2D eigenvalue weighted by atomic mass is 9.93. The molecule has 0 radical (unpaired) electrons. The van der Waals surface area contributed by atoms with Gasteiger partial charge in [0.15, 0.2) is 12.2 Å². The Morgan fingerprint density at radius 3 is 2.02 bits per heavy atom. The third-order valence-electron chi connectivity index (χ3n) is 5.43. The maximum Gasteiger partial charge on any atom is 0.509 e. The van der Waals surface area contributed by atoms with Crippen molar-refractivity contribution in [2.45, 2.75) is 52.4 Å². The van der Waals surface area contributed by atoms with Crippen LogP contribution in [0.3, 0.4) is 0 Å². The quantitative estimate of drug-likeness (QED) is 0.295. The standard InChI is InChI=1S/C27H29F3O10/c1-17(22(32)36-13-19-8-5-4-6-9-19)39-23(33)18(2)40-25(35)38-16-26(3,15-31)24(34)37-14-20-10-7-11-21(12-20)27(28,29)30/h4-12,17-18,31H,13-16H2,1-3H3. The van der Waals surface area contributed by atoms with E-state index in [0.29, 0.717) is 0 Å². The fourth-order valence-electron chi connectivity index (χ4n) is 2.94. The summed E-state index contributed by atoms with van der Waals surface area (Å²) in [6.45, 7) is 1.46. The largest absolute Gasteiger partial charge is 0.509 e. The van der Waals surface area contributed by atoms with Crippen LogP contribution in [0.2, 0.25) is 0 Å². The van der Waals surface area contributed by atoms with Gasteiger partial charge in [0, 0.05) is 0 Å².